The van der Waals surface area contributed by atoms with Crippen molar-refractivity contribution in [3.8, 4) is 0 Å². The Morgan fingerprint density at radius 3 is 2.50 bits per heavy atom. The highest BCUT2D eigenvalue weighted by Gasteiger charge is 2.45. The molecule has 0 aliphatic carbocycles. The van der Waals surface area contributed by atoms with Crippen LogP contribution in [-0.2, 0) is 10.2 Å². The van der Waals surface area contributed by atoms with Crippen LogP contribution in [0, 0.1) is 0 Å². The summed E-state index contributed by atoms with van der Waals surface area (Å²) in [4.78, 5) is 10.4. The highest BCUT2D eigenvalue weighted by molar-refractivity contribution is 7.99. The van der Waals surface area contributed by atoms with E-state index < -0.39 is 12.1 Å². The zero-order chi connectivity index (χ0) is 16.7. The largest absolute Gasteiger partial charge is 0.490 e. The molecule has 2 heterocycles. The van der Waals surface area contributed by atoms with Crippen LogP contribution < -0.4 is 0 Å². The fraction of sp³-hybridized carbons (Fsp3) is 0.467. The smallest absolute Gasteiger partial charge is 0.475 e. The zero-order valence-corrected chi connectivity index (χ0v) is 13.3. The van der Waals surface area contributed by atoms with Crippen LogP contribution >= 0.6 is 11.8 Å². The number of rotatable bonds is 0. The van der Waals surface area contributed by atoms with Crippen LogP contribution in [-0.4, -0.2) is 39.8 Å². The molecule has 0 saturated heterocycles. The van der Waals surface area contributed by atoms with E-state index in [1.54, 1.807) is 0 Å². The van der Waals surface area contributed by atoms with Gasteiger partial charge in [0.05, 0.1) is 16.1 Å². The van der Waals surface area contributed by atoms with Gasteiger partial charge in [-0.15, -0.1) is 11.8 Å². The van der Waals surface area contributed by atoms with E-state index in [1.807, 2.05) is 11.8 Å². The summed E-state index contributed by atoms with van der Waals surface area (Å²) in [5.41, 5.74) is 4.71. The molecule has 7 heteroatoms. The Morgan fingerprint density at radius 2 is 1.95 bits per heavy atom. The maximum Gasteiger partial charge on any atom is 0.490 e. The van der Waals surface area contributed by atoms with E-state index in [0.717, 1.165) is 0 Å². The molecule has 2 aliphatic rings. The fourth-order valence-corrected chi connectivity index (χ4v) is 3.67. The van der Waals surface area contributed by atoms with E-state index in [0.29, 0.717) is 0 Å². The van der Waals surface area contributed by atoms with E-state index in [2.05, 4.69) is 43.5 Å². The third-order valence-electron chi connectivity index (χ3n) is 4.07. The molecular formula is C15H17F3NO2S+. The molecule has 0 fully saturated rings. The average molecular weight is 332 g/mol. The molecule has 0 radical (unpaired) electrons. The number of aliphatic carboxylic acids is 1. The van der Waals surface area contributed by atoms with Gasteiger partial charge in [0.15, 0.2) is 12.3 Å². The Hall–Kier alpha value is -1.50. The first-order valence-electron chi connectivity index (χ1n) is 6.74. The Balaban J connectivity index is 0.000000217. The maximum atomic E-state index is 10.6. The molecule has 0 amide bonds. The summed E-state index contributed by atoms with van der Waals surface area (Å²) in [5, 5.41) is 7.12. The van der Waals surface area contributed by atoms with Gasteiger partial charge in [-0.3, -0.25) is 0 Å². The summed E-state index contributed by atoms with van der Waals surface area (Å²) >= 11 is 1.99. The van der Waals surface area contributed by atoms with Crippen LogP contribution in [0.3, 0.4) is 0 Å². The third-order valence-corrected chi connectivity index (χ3v) is 5.09. The predicted molar refractivity (Wildman–Crippen MR) is 79.4 cm³/mol. The van der Waals surface area contributed by atoms with Crippen molar-refractivity contribution >= 4 is 29.1 Å². The molecule has 0 aromatic heterocycles. The second-order valence-electron chi connectivity index (χ2n) is 5.67. The molecule has 0 spiro atoms. The minimum absolute atomic E-state index is 0.218. The molecule has 3 nitrogen and oxygen atoms in total. The van der Waals surface area contributed by atoms with Crippen molar-refractivity contribution in [1.82, 2.24) is 0 Å². The number of carbonyl (C=O) groups is 1. The van der Waals surface area contributed by atoms with Crippen molar-refractivity contribution in [2.75, 3.05) is 12.3 Å². The lowest BCUT2D eigenvalue weighted by atomic mass is 9.82. The van der Waals surface area contributed by atoms with E-state index in [4.69, 9.17) is 9.90 Å². The van der Waals surface area contributed by atoms with Crippen LogP contribution in [0.4, 0.5) is 18.9 Å². The van der Waals surface area contributed by atoms with Gasteiger partial charge in [0, 0.05) is 12.5 Å². The quantitative estimate of drug-likeness (QED) is 0.734. The molecule has 0 saturated carbocycles. The fourth-order valence-electron chi connectivity index (χ4n) is 2.65. The van der Waals surface area contributed by atoms with Gasteiger partial charge in [-0.25, -0.2) is 4.79 Å². The van der Waals surface area contributed by atoms with Crippen molar-refractivity contribution < 1.29 is 27.6 Å². The monoisotopic (exact) mass is 332 g/mol. The first-order chi connectivity index (χ1) is 10.1. The van der Waals surface area contributed by atoms with Crippen LogP contribution in [0.15, 0.2) is 23.1 Å². The van der Waals surface area contributed by atoms with Gasteiger partial charge in [0.25, 0.3) is 0 Å². The number of para-hydroxylation sites is 1. The first kappa shape index (κ1) is 16.9. The summed E-state index contributed by atoms with van der Waals surface area (Å²) < 4.78 is 34.3. The number of hydrogen-bond donors (Lipinski definition) is 1. The molecule has 1 aromatic rings. The molecule has 0 atom stereocenters. The molecule has 0 bridgehead atoms. The van der Waals surface area contributed by atoms with Crippen LogP contribution in [0.25, 0.3) is 0 Å². The Kier molecular flexibility index (Phi) is 4.30. The molecular weight excluding hydrogens is 315 g/mol. The highest BCUT2D eigenvalue weighted by Crippen LogP contribution is 2.46. The van der Waals surface area contributed by atoms with Crippen molar-refractivity contribution in [3.63, 3.8) is 0 Å². The predicted octanol–water partition coefficient (Wildman–Crippen LogP) is 3.82. The Labute approximate surface area is 130 Å². The van der Waals surface area contributed by atoms with Crippen LogP contribution in [0.1, 0.15) is 26.3 Å². The second-order valence-corrected chi connectivity index (χ2v) is 6.80. The van der Waals surface area contributed by atoms with Gasteiger partial charge < -0.3 is 5.11 Å². The zero-order valence-electron chi connectivity index (χ0n) is 12.5. The molecule has 3 rings (SSSR count). The number of halogens is 3. The summed E-state index contributed by atoms with van der Waals surface area (Å²) in [5.74, 6) is -1.54. The molecule has 22 heavy (non-hydrogen) atoms. The van der Waals surface area contributed by atoms with Crippen LogP contribution in [0.5, 0.6) is 0 Å². The topological polar surface area (TPSA) is 40.3 Å². The lowest BCUT2D eigenvalue weighted by Crippen LogP contribution is -2.27. The van der Waals surface area contributed by atoms with Crippen molar-refractivity contribution in [2.45, 2.75) is 37.3 Å². The molecule has 120 valence electrons. The van der Waals surface area contributed by atoms with Gasteiger partial charge in [0.1, 0.15) is 0 Å². The Morgan fingerprint density at radius 1 is 1.36 bits per heavy atom. The molecule has 2 aliphatic heterocycles. The average Bonchev–Trinajstić information content (AvgIpc) is 2.63. The highest BCUT2D eigenvalue weighted by atomic mass is 32.2. The number of alkyl halides is 3. The van der Waals surface area contributed by atoms with Crippen molar-refractivity contribution in [3.05, 3.63) is 23.8 Å². The lowest BCUT2D eigenvalue weighted by molar-refractivity contribution is -0.437. The SMILES string of the molecule is CC1=[N+]2CCSc3cccc(c32)C1(C)C.O=C(O)C(F)(F)F. The van der Waals surface area contributed by atoms with E-state index in [9.17, 15) is 13.2 Å². The summed E-state index contributed by atoms with van der Waals surface area (Å²) in [6.07, 6.45) is -5.08. The second kappa shape index (κ2) is 5.61. The van der Waals surface area contributed by atoms with Gasteiger partial charge in [-0.05, 0) is 19.9 Å². The summed E-state index contributed by atoms with van der Waals surface area (Å²) in [7, 11) is 0. The van der Waals surface area contributed by atoms with Crippen LogP contribution in [0.2, 0.25) is 0 Å². The van der Waals surface area contributed by atoms with Gasteiger partial charge in [-0.2, -0.15) is 17.7 Å². The summed E-state index contributed by atoms with van der Waals surface area (Å²) in [6, 6.07) is 6.74. The number of carboxylic acid groups (broad SMARTS) is 1. The molecule has 1 aromatic carbocycles. The lowest BCUT2D eigenvalue weighted by Gasteiger charge is -2.14. The number of hydrogen-bond acceptors (Lipinski definition) is 2. The van der Waals surface area contributed by atoms with Gasteiger partial charge in [-0.1, -0.05) is 12.1 Å². The maximum absolute atomic E-state index is 10.6. The normalized spacial score (nSPS) is 18.5. The van der Waals surface area contributed by atoms with E-state index >= 15 is 0 Å². The van der Waals surface area contributed by atoms with E-state index in [-0.39, 0.29) is 5.41 Å². The Bertz CT molecular complexity index is 651. The summed E-state index contributed by atoms with van der Waals surface area (Å²) in [6.45, 7) is 8.12. The van der Waals surface area contributed by atoms with Crippen molar-refractivity contribution in [1.29, 1.82) is 0 Å². The van der Waals surface area contributed by atoms with E-state index in [1.165, 1.54) is 34.2 Å². The van der Waals surface area contributed by atoms with Gasteiger partial charge in [0.2, 0.25) is 5.69 Å². The van der Waals surface area contributed by atoms with Gasteiger partial charge >= 0.3 is 12.1 Å². The number of benzene rings is 1. The minimum Gasteiger partial charge on any atom is -0.475 e. The van der Waals surface area contributed by atoms with Crippen molar-refractivity contribution in [2.24, 2.45) is 0 Å². The number of nitrogens with zero attached hydrogens (tertiary/aromatic N) is 1. The molecule has 1 N–H and O–H groups in total. The standard InChI is InChI=1S/C13H16NS.C2HF3O2/c1-9-13(2,3)10-5-4-6-11-12(10)14(9)7-8-15-11;3-2(4,5)1(6)7/h4-6H,7-8H2,1-3H3;(H,6,7)/q+1;. The first-order valence-corrected chi connectivity index (χ1v) is 7.73. The third kappa shape index (κ3) is 2.86. The number of thioether (sulfide) groups is 1. The molecule has 0 unspecified atom stereocenters. The number of carboxylic acids is 1. The minimum atomic E-state index is -5.08.